The number of sulfonamides is 1. The van der Waals surface area contributed by atoms with E-state index in [1.807, 2.05) is 47.4 Å². The van der Waals surface area contributed by atoms with Crippen LogP contribution in [0.25, 0.3) is 0 Å². The summed E-state index contributed by atoms with van der Waals surface area (Å²) >= 11 is 0. The number of carbonyl (C=O) groups excluding carboxylic acids is 1. The van der Waals surface area contributed by atoms with E-state index in [1.165, 1.54) is 0 Å². The molecule has 32 heavy (non-hydrogen) atoms. The number of amides is 1. The van der Waals surface area contributed by atoms with Crippen molar-refractivity contribution in [2.24, 2.45) is 5.92 Å². The van der Waals surface area contributed by atoms with Gasteiger partial charge in [-0.15, -0.1) is 0 Å². The molecule has 6 nitrogen and oxygen atoms in total. The first-order chi connectivity index (χ1) is 15.1. The van der Waals surface area contributed by atoms with E-state index in [2.05, 4.69) is 25.5 Å². The van der Waals surface area contributed by atoms with Crippen molar-refractivity contribution in [3.05, 3.63) is 60.2 Å². The van der Waals surface area contributed by atoms with E-state index in [0.29, 0.717) is 25.6 Å². The molecule has 1 amide bonds. The van der Waals surface area contributed by atoms with Crippen molar-refractivity contribution >= 4 is 15.9 Å². The number of likely N-dealkylation sites (tertiary alicyclic amines) is 1. The van der Waals surface area contributed by atoms with Crippen LogP contribution in [-0.4, -0.2) is 45.5 Å². The van der Waals surface area contributed by atoms with Gasteiger partial charge < -0.3 is 9.64 Å². The molecule has 0 radical (unpaired) electrons. The highest BCUT2D eigenvalue weighted by Gasteiger charge is 2.24. The predicted octanol–water partition coefficient (Wildman–Crippen LogP) is 3.97. The Kier molecular flexibility index (Phi) is 7.96. The third kappa shape index (κ3) is 6.81. The van der Waals surface area contributed by atoms with Crippen molar-refractivity contribution in [2.75, 3.05) is 26.2 Å². The van der Waals surface area contributed by atoms with Crippen molar-refractivity contribution in [1.82, 2.24) is 9.62 Å². The van der Waals surface area contributed by atoms with Gasteiger partial charge in [0.15, 0.2) is 0 Å². The molecule has 1 aliphatic heterocycles. The molecule has 1 aliphatic rings. The zero-order chi connectivity index (χ0) is 23.2. The summed E-state index contributed by atoms with van der Waals surface area (Å²) in [5.41, 5.74) is 1.03. The van der Waals surface area contributed by atoms with Crippen molar-refractivity contribution in [3.63, 3.8) is 0 Å². The van der Waals surface area contributed by atoms with Gasteiger partial charge in [-0.05, 0) is 54.0 Å². The van der Waals surface area contributed by atoms with Crippen LogP contribution in [0.4, 0.5) is 0 Å². The second-order valence-corrected chi connectivity index (χ2v) is 11.1. The Bertz CT molecular complexity index is 975. The molecule has 2 aromatic carbocycles. The fourth-order valence-corrected chi connectivity index (χ4v) is 4.78. The molecular weight excluding hydrogens is 424 g/mol. The highest BCUT2D eigenvalue weighted by Crippen LogP contribution is 2.23. The smallest absolute Gasteiger partial charge is 0.240 e. The average Bonchev–Trinajstić information content (AvgIpc) is 2.78. The zero-order valence-electron chi connectivity index (χ0n) is 19.2. The summed E-state index contributed by atoms with van der Waals surface area (Å²) < 4.78 is 33.5. The van der Waals surface area contributed by atoms with Crippen LogP contribution in [0.3, 0.4) is 0 Å². The predicted molar refractivity (Wildman–Crippen MR) is 126 cm³/mol. The van der Waals surface area contributed by atoms with Crippen LogP contribution in [0, 0.1) is 5.92 Å². The van der Waals surface area contributed by atoms with Crippen molar-refractivity contribution in [3.8, 4) is 5.75 Å². The van der Waals surface area contributed by atoms with Gasteiger partial charge in [0.25, 0.3) is 0 Å². The third-order valence-corrected chi connectivity index (χ3v) is 7.33. The Morgan fingerprint density at radius 1 is 1.03 bits per heavy atom. The van der Waals surface area contributed by atoms with Gasteiger partial charge in [-0.2, -0.15) is 0 Å². The molecule has 7 heteroatoms. The maximum absolute atomic E-state index is 12.5. The molecule has 3 rings (SSSR count). The fourth-order valence-electron chi connectivity index (χ4n) is 3.75. The Labute approximate surface area is 192 Å². The number of piperidine rings is 1. The molecule has 1 N–H and O–H groups in total. The number of para-hydroxylation sites is 1. The molecule has 0 bridgehead atoms. The van der Waals surface area contributed by atoms with Gasteiger partial charge in [0.05, 0.1) is 11.5 Å². The number of nitrogens with zero attached hydrogens (tertiary/aromatic N) is 1. The SMILES string of the molecule is CC(C)(C)c1ccc(S(=O)(=O)NCCC(=O)N2CCC(COc3ccccc3)CC2)cc1. The third-order valence-electron chi connectivity index (χ3n) is 5.86. The topological polar surface area (TPSA) is 75.7 Å². The maximum atomic E-state index is 12.5. The van der Waals surface area contributed by atoms with Gasteiger partial charge in [-0.25, -0.2) is 13.1 Å². The summed E-state index contributed by atoms with van der Waals surface area (Å²) in [6.45, 7) is 8.36. The molecule has 0 atom stereocenters. The molecule has 0 saturated carbocycles. The Morgan fingerprint density at radius 3 is 2.25 bits per heavy atom. The Balaban J connectivity index is 1.40. The minimum absolute atomic E-state index is 0.0155. The van der Waals surface area contributed by atoms with Crippen LogP contribution in [0.2, 0.25) is 0 Å². The van der Waals surface area contributed by atoms with E-state index in [4.69, 9.17) is 4.74 Å². The van der Waals surface area contributed by atoms with E-state index in [-0.39, 0.29) is 29.2 Å². The molecule has 0 spiro atoms. The summed E-state index contributed by atoms with van der Waals surface area (Å²) in [5.74, 6) is 1.28. The van der Waals surface area contributed by atoms with Crippen LogP contribution >= 0.6 is 0 Å². The highest BCUT2D eigenvalue weighted by molar-refractivity contribution is 7.89. The standard InChI is InChI=1S/C25H34N2O4S/c1-25(2,3)21-9-11-23(12-10-21)32(29,30)26-16-13-24(28)27-17-14-20(15-18-27)19-31-22-7-5-4-6-8-22/h4-12,20,26H,13-19H2,1-3H3. The number of hydrogen-bond donors (Lipinski definition) is 1. The highest BCUT2D eigenvalue weighted by atomic mass is 32.2. The van der Waals surface area contributed by atoms with Gasteiger partial charge in [-0.1, -0.05) is 51.1 Å². The van der Waals surface area contributed by atoms with Gasteiger partial charge in [0.2, 0.25) is 15.9 Å². The molecule has 1 saturated heterocycles. The van der Waals surface area contributed by atoms with Gasteiger partial charge in [0.1, 0.15) is 5.75 Å². The lowest BCUT2D eigenvalue weighted by molar-refractivity contribution is -0.132. The second-order valence-electron chi connectivity index (χ2n) is 9.37. The largest absolute Gasteiger partial charge is 0.493 e. The van der Waals surface area contributed by atoms with E-state index in [9.17, 15) is 13.2 Å². The number of rotatable bonds is 8. The molecule has 1 heterocycles. The van der Waals surface area contributed by atoms with E-state index in [0.717, 1.165) is 24.2 Å². The summed E-state index contributed by atoms with van der Waals surface area (Å²) in [6.07, 6.45) is 1.94. The summed E-state index contributed by atoms with van der Waals surface area (Å²) in [5, 5.41) is 0. The lowest BCUT2D eigenvalue weighted by Crippen LogP contribution is -2.41. The van der Waals surface area contributed by atoms with E-state index in [1.54, 1.807) is 12.1 Å². The minimum atomic E-state index is -3.63. The molecular formula is C25H34N2O4S. The van der Waals surface area contributed by atoms with Crippen molar-refractivity contribution in [1.29, 1.82) is 0 Å². The quantitative estimate of drug-likeness (QED) is 0.649. The van der Waals surface area contributed by atoms with Crippen LogP contribution in [-0.2, 0) is 20.2 Å². The Morgan fingerprint density at radius 2 is 1.66 bits per heavy atom. The van der Waals surface area contributed by atoms with Gasteiger partial charge in [-0.3, -0.25) is 4.79 Å². The van der Waals surface area contributed by atoms with Crippen molar-refractivity contribution in [2.45, 2.75) is 50.3 Å². The number of nitrogens with one attached hydrogen (secondary N) is 1. The first-order valence-corrected chi connectivity index (χ1v) is 12.7. The number of benzene rings is 2. The minimum Gasteiger partial charge on any atom is -0.493 e. The summed E-state index contributed by atoms with van der Waals surface area (Å²) in [4.78, 5) is 14.6. The molecule has 174 valence electrons. The molecule has 1 fully saturated rings. The van der Waals surface area contributed by atoms with Crippen molar-refractivity contribution < 1.29 is 17.9 Å². The molecule has 2 aromatic rings. The second kappa shape index (κ2) is 10.5. The number of ether oxygens (including phenoxy) is 1. The zero-order valence-corrected chi connectivity index (χ0v) is 20.0. The normalized spacial score (nSPS) is 15.5. The monoisotopic (exact) mass is 458 g/mol. The van der Waals surface area contributed by atoms with Crippen LogP contribution < -0.4 is 9.46 Å². The van der Waals surface area contributed by atoms with Crippen LogP contribution in [0.1, 0.15) is 45.6 Å². The Hall–Kier alpha value is -2.38. The van der Waals surface area contributed by atoms with Crippen LogP contribution in [0.15, 0.2) is 59.5 Å². The first kappa shape index (κ1) is 24.3. The maximum Gasteiger partial charge on any atom is 0.240 e. The lowest BCUT2D eigenvalue weighted by Gasteiger charge is -2.32. The summed E-state index contributed by atoms with van der Waals surface area (Å²) in [7, 11) is -3.63. The molecule has 0 aliphatic carbocycles. The molecule has 0 aromatic heterocycles. The lowest BCUT2D eigenvalue weighted by atomic mass is 9.87. The summed E-state index contributed by atoms with van der Waals surface area (Å²) in [6, 6.07) is 16.7. The van der Waals surface area contributed by atoms with Gasteiger partial charge >= 0.3 is 0 Å². The number of carbonyl (C=O) groups is 1. The van der Waals surface area contributed by atoms with Gasteiger partial charge in [0, 0.05) is 26.1 Å². The fraction of sp³-hybridized carbons (Fsp3) is 0.480. The van der Waals surface area contributed by atoms with Crippen LogP contribution in [0.5, 0.6) is 5.75 Å². The van der Waals surface area contributed by atoms with E-state index < -0.39 is 10.0 Å². The molecule has 0 unspecified atom stereocenters. The first-order valence-electron chi connectivity index (χ1n) is 11.2. The average molecular weight is 459 g/mol. The number of hydrogen-bond acceptors (Lipinski definition) is 4. The van der Waals surface area contributed by atoms with E-state index >= 15 is 0 Å².